The number of carbonyl (C=O) groups is 1. The summed E-state index contributed by atoms with van der Waals surface area (Å²) in [5, 5.41) is 12.3. The molecule has 2 rings (SSSR count). The van der Waals surface area contributed by atoms with Gasteiger partial charge < -0.3 is 10.4 Å². The minimum Gasteiger partial charge on any atom is -0.478 e. The van der Waals surface area contributed by atoms with E-state index in [1.54, 1.807) is 18.2 Å². The van der Waals surface area contributed by atoms with Crippen LogP contribution in [0.5, 0.6) is 0 Å². The lowest BCUT2D eigenvalue weighted by Crippen LogP contribution is -2.20. The molecule has 1 fully saturated rings. The van der Waals surface area contributed by atoms with Crippen molar-refractivity contribution in [2.45, 2.75) is 32.6 Å². The molecule has 1 aliphatic carbocycles. The van der Waals surface area contributed by atoms with Crippen LogP contribution in [0.3, 0.4) is 0 Å². The van der Waals surface area contributed by atoms with Crippen LogP contribution in [-0.4, -0.2) is 17.6 Å². The van der Waals surface area contributed by atoms with Crippen LogP contribution in [0, 0.1) is 11.8 Å². The third kappa shape index (κ3) is 3.49. The minimum absolute atomic E-state index is 0.345. The number of carboxylic acid groups (broad SMARTS) is 1. The fourth-order valence-electron chi connectivity index (χ4n) is 2.56. The Morgan fingerprint density at radius 1 is 1.33 bits per heavy atom. The Hall–Kier alpha value is -1.51. The number of hydrogen-bond acceptors (Lipinski definition) is 2. The van der Waals surface area contributed by atoms with Gasteiger partial charge in [-0.2, -0.15) is 0 Å². The molecule has 1 aromatic rings. The highest BCUT2D eigenvalue weighted by atomic mass is 16.4. The van der Waals surface area contributed by atoms with Gasteiger partial charge in [-0.15, -0.1) is 0 Å². The number of nitrogens with one attached hydrogen (secondary N) is 1. The second-order valence-corrected chi connectivity index (χ2v) is 5.39. The standard InChI is InChI=1S/C15H21NO2/c1-11-5-7-12(8-6-11)10-16-14-4-2-3-13(9-14)15(17)18/h2-4,9,11-12,16H,5-8,10H2,1H3,(H,17,18). The summed E-state index contributed by atoms with van der Waals surface area (Å²) in [6.07, 6.45) is 5.21. The largest absolute Gasteiger partial charge is 0.478 e. The predicted octanol–water partition coefficient (Wildman–Crippen LogP) is 3.62. The monoisotopic (exact) mass is 247 g/mol. The quantitative estimate of drug-likeness (QED) is 0.854. The zero-order valence-electron chi connectivity index (χ0n) is 10.9. The summed E-state index contributed by atoms with van der Waals surface area (Å²) >= 11 is 0. The van der Waals surface area contributed by atoms with Crippen LogP contribution in [0.1, 0.15) is 43.0 Å². The lowest BCUT2D eigenvalue weighted by atomic mass is 9.83. The van der Waals surface area contributed by atoms with E-state index in [1.165, 1.54) is 25.7 Å². The van der Waals surface area contributed by atoms with Crippen LogP contribution >= 0.6 is 0 Å². The smallest absolute Gasteiger partial charge is 0.335 e. The van der Waals surface area contributed by atoms with Crippen molar-refractivity contribution >= 4 is 11.7 Å². The van der Waals surface area contributed by atoms with E-state index in [0.717, 1.165) is 24.1 Å². The Bertz CT molecular complexity index is 409. The summed E-state index contributed by atoms with van der Waals surface area (Å²) in [7, 11) is 0. The average Bonchev–Trinajstić information content (AvgIpc) is 2.38. The highest BCUT2D eigenvalue weighted by Crippen LogP contribution is 2.28. The molecule has 0 amide bonds. The third-order valence-corrected chi connectivity index (χ3v) is 3.84. The van der Waals surface area contributed by atoms with E-state index >= 15 is 0 Å². The first-order valence-corrected chi connectivity index (χ1v) is 6.72. The predicted molar refractivity (Wildman–Crippen MR) is 73.0 cm³/mol. The highest BCUT2D eigenvalue weighted by molar-refractivity contribution is 5.88. The van der Waals surface area contributed by atoms with Crippen LogP contribution in [0.15, 0.2) is 24.3 Å². The van der Waals surface area contributed by atoms with Gasteiger partial charge in [-0.1, -0.05) is 25.8 Å². The zero-order chi connectivity index (χ0) is 13.0. The molecular formula is C15H21NO2. The molecule has 0 bridgehead atoms. The van der Waals surface area contributed by atoms with Crippen LogP contribution in [0.25, 0.3) is 0 Å². The van der Waals surface area contributed by atoms with E-state index in [0.29, 0.717) is 5.56 Å². The van der Waals surface area contributed by atoms with E-state index in [2.05, 4.69) is 12.2 Å². The van der Waals surface area contributed by atoms with Gasteiger partial charge in [-0.3, -0.25) is 0 Å². The SMILES string of the molecule is CC1CCC(CNc2cccc(C(=O)O)c2)CC1. The molecule has 0 radical (unpaired) electrons. The zero-order valence-corrected chi connectivity index (χ0v) is 10.9. The van der Waals surface area contributed by atoms with Crippen LogP contribution < -0.4 is 5.32 Å². The van der Waals surface area contributed by atoms with Gasteiger partial charge in [-0.25, -0.2) is 4.79 Å². The van der Waals surface area contributed by atoms with Crippen molar-refractivity contribution in [1.82, 2.24) is 0 Å². The Morgan fingerprint density at radius 3 is 2.72 bits per heavy atom. The van der Waals surface area contributed by atoms with Crippen LogP contribution in [0.4, 0.5) is 5.69 Å². The molecule has 0 unspecified atom stereocenters. The van der Waals surface area contributed by atoms with Crippen molar-refractivity contribution in [2.24, 2.45) is 11.8 Å². The minimum atomic E-state index is -0.870. The van der Waals surface area contributed by atoms with Crippen LogP contribution in [0.2, 0.25) is 0 Å². The van der Waals surface area contributed by atoms with Gasteiger partial charge in [0.15, 0.2) is 0 Å². The summed E-state index contributed by atoms with van der Waals surface area (Å²) in [6.45, 7) is 3.27. The number of aromatic carboxylic acids is 1. The fourth-order valence-corrected chi connectivity index (χ4v) is 2.56. The maximum atomic E-state index is 10.9. The molecule has 0 heterocycles. The lowest BCUT2D eigenvalue weighted by molar-refractivity contribution is 0.0697. The van der Waals surface area contributed by atoms with Crippen molar-refractivity contribution in [3.05, 3.63) is 29.8 Å². The normalized spacial score (nSPS) is 23.6. The Morgan fingerprint density at radius 2 is 2.06 bits per heavy atom. The maximum absolute atomic E-state index is 10.9. The van der Waals surface area contributed by atoms with E-state index in [4.69, 9.17) is 5.11 Å². The van der Waals surface area contributed by atoms with Crippen molar-refractivity contribution < 1.29 is 9.90 Å². The molecule has 1 aromatic carbocycles. The molecular weight excluding hydrogens is 226 g/mol. The first kappa shape index (κ1) is 12.9. The summed E-state index contributed by atoms with van der Waals surface area (Å²) in [5.41, 5.74) is 1.26. The molecule has 3 nitrogen and oxygen atoms in total. The van der Waals surface area contributed by atoms with E-state index < -0.39 is 5.97 Å². The lowest BCUT2D eigenvalue weighted by Gasteiger charge is -2.26. The molecule has 0 atom stereocenters. The summed E-state index contributed by atoms with van der Waals surface area (Å²) < 4.78 is 0. The molecule has 3 heteroatoms. The van der Waals surface area contributed by atoms with E-state index in [9.17, 15) is 4.79 Å². The molecule has 0 aromatic heterocycles. The number of rotatable bonds is 4. The summed E-state index contributed by atoms with van der Waals surface area (Å²) in [4.78, 5) is 10.9. The molecule has 98 valence electrons. The number of anilines is 1. The van der Waals surface area contributed by atoms with Gasteiger partial charge in [0.1, 0.15) is 0 Å². The van der Waals surface area contributed by atoms with Gasteiger partial charge in [-0.05, 0) is 42.9 Å². The van der Waals surface area contributed by atoms with Gasteiger partial charge in [0.25, 0.3) is 0 Å². The molecule has 1 aliphatic rings. The molecule has 2 N–H and O–H groups in total. The average molecular weight is 247 g/mol. The topological polar surface area (TPSA) is 49.3 Å². The fraction of sp³-hybridized carbons (Fsp3) is 0.533. The van der Waals surface area contributed by atoms with Gasteiger partial charge >= 0.3 is 5.97 Å². The van der Waals surface area contributed by atoms with Crippen molar-refractivity contribution in [3.8, 4) is 0 Å². The highest BCUT2D eigenvalue weighted by Gasteiger charge is 2.17. The Labute approximate surface area is 108 Å². The number of benzene rings is 1. The Balaban J connectivity index is 1.86. The van der Waals surface area contributed by atoms with E-state index in [1.807, 2.05) is 6.07 Å². The van der Waals surface area contributed by atoms with Crippen molar-refractivity contribution in [2.75, 3.05) is 11.9 Å². The molecule has 0 aliphatic heterocycles. The van der Waals surface area contributed by atoms with Gasteiger partial charge in [0.05, 0.1) is 5.56 Å². The molecule has 18 heavy (non-hydrogen) atoms. The Kier molecular flexibility index (Phi) is 4.24. The summed E-state index contributed by atoms with van der Waals surface area (Å²) in [6, 6.07) is 7.04. The molecule has 1 saturated carbocycles. The van der Waals surface area contributed by atoms with Crippen LogP contribution in [-0.2, 0) is 0 Å². The first-order chi connectivity index (χ1) is 8.65. The third-order valence-electron chi connectivity index (χ3n) is 3.84. The second-order valence-electron chi connectivity index (χ2n) is 5.39. The molecule has 0 saturated heterocycles. The summed E-state index contributed by atoms with van der Waals surface area (Å²) in [5.74, 6) is 0.733. The number of carboxylic acids is 1. The maximum Gasteiger partial charge on any atom is 0.335 e. The molecule has 0 spiro atoms. The number of hydrogen-bond donors (Lipinski definition) is 2. The van der Waals surface area contributed by atoms with E-state index in [-0.39, 0.29) is 0 Å². The first-order valence-electron chi connectivity index (χ1n) is 6.72. The van der Waals surface area contributed by atoms with Gasteiger partial charge in [0.2, 0.25) is 0 Å². The van der Waals surface area contributed by atoms with Crippen molar-refractivity contribution in [3.63, 3.8) is 0 Å². The second kappa shape index (κ2) is 5.89. The van der Waals surface area contributed by atoms with Crippen molar-refractivity contribution in [1.29, 1.82) is 0 Å². The van der Waals surface area contributed by atoms with Gasteiger partial charge in [0, 0.05) is 12.2 Å².